The summed E-state index contributed by atoms with van der Waals surface area (Å²) in [6.45, 7) is -0.208. The molecule has 1 amide bonds. The minimum atomic E-state index is -0.667. The Morgan fingerprint density at radius 1 is 1.24 bits per heavy atom. The summed E-state index contributed by atoms with van der Waals surface area (Å²) in [4.78, 5) is 24.0. The SMILES string of the molecule is COc1cccc(NC(=O)Cn2cc(-c3ccc(F)cc3)oc2=O)c1. The molecule has 0 radical (unpaired) electrons. The molecule has 0 aliphatic rings. The Hall–Kier alpha value is -3.35. The summed E-state index contributed by atoms with van der Waals surface area (Å²) >= 11 is 0. The summed E-state index contributed by atoms with van der Waals surface area (Å²) in [5.74, 6) is -0.568. The average Bonchev–Trinajstić information content (AvgIpc) is 2.96. The molecule has 0 unspecified atom stereocenters. The Morgan fingerprint density at radius 3 is 2.72 bits per heavy atom. The third-order valence-corrected chi connectivity index (χ3v) is 3.50. The number of amides is 1. The maximum Gasteiger partial charge on any atom is 0.419 e. The molecule has 3 rings (SSSR count). The molecular formula is C18H15FN2O4. The summed E-state index contributed by atoms with van der Waals surface area (Å²) in [5, 5.41) is 2.68. The molecule has 0 spiro atoms. The number of oxazole rings is 1. The number of nitrogens with one attached hydrogen (secondary N) is 1. The highest BCUT2D eigenvalue weighted by Gasteiger charge is 2.12. The molecule has 0 aliphatic heterocycles. The van der Waals surface area contributed by atoms with E-state index in [1.165, 1.54) is 37.6 Å². The van der Waals surface area contributed by atoms with Crippen molar-refractivity contribution in [2.75, 3.05) is 12.4 Å². The van der Waals surface area contributed by atoms with Crippen molar-refractivity contribution in [1.29, 1.82) is 0 Å². The zero-order chi connectivity index (χ0) is 17.8. The number of ether oxygens (including phenoxy) is 1. The van der Waals surface area contributed by atoms with Gasteiger partial charge in [-0.05, 0) is 36.4 Å². The Labute approximate surface area is 142 Å². The fraction of sp³-hybridized carbons (Fsp3) is 0.111. The van der Waals surface area contributed by atoms with Gasteiger partial charge in [-0.3, -0.25) is 9.36 Å². The number of hydrogen-bond donors (Lipinski definition) is 1. The number of halogens is 1. The summed E-state index contributed by atoms with van der Waals surface area (Å²) in [7, 11) is 1.53. The summed E-state index contributed by atoms with van der Waals surface area (Å²) < 4.78 is 24.3. The van der Waals surface area contributed by atoms with Crippen molar-refractivity contribution >= 4 is 11.6 Å². The van der Waals surface area contributed by atoms with Crippen LogP contribution < -0.4 is 15.8 Å². The molecule has 0 atom stereocenters. The van der Waals surface area contributed by atoms with Crippen molar-refractivity contribution in [3.63, 3.8) is 0 Å². The summed E-state index contributed by atoms with van der Waals surface area (Å²) in [6.07, 6.45) is 1.42. The van der Waals surface area contributed by atoms with E-state index in [4.69, 9.17) is 9.15 Å². The van der Waals surface area contributed by atoms with E-state index >= 15 is 0 Å². The highest BCUT2D eigenvalue weighted by molar-refractivity contribution is 5.90. The van der Waals surface area contributed by atoms with Gasteiger partial charge in [0.1, 0.15) is 18.1 Å². The smallest absolute Gasteiger partial charge is 0.419 e. The Morgan fingerprint density at radius 2 is 2.00 bits per heavy atom. The lowest BCUT2D eigenvalue weighted by atomic mass is 10.2. The van der Waals surface area contributed by atoms with Gasteiger partial charge in [0.2, 0.25) is 5.91 Å². The van der Waals surface area contributed by atoms with Crippen LogP contribution in [-0.4, -0.2) is 17.6 Å². The van der Waals surface area contributed by atoms with E-state index in [9.17, 15) is 14.0 Å². The van der Waals surface area contributed by atoms with Gasteiger partial charge < -0.3 is 14.5 Å². The number of carbonyl (C=O) groups is 1. The van der Waals surface area contributed by atoms with E-state index in [1.807, 2.05) is 0 Å². The van der Waals surface area contributed by atoms with Gasteiger partial charge in [-0.15, -0.1) is 0 Å². The zero-order valence-electron chi connectivity index (χ0n) is 13.4. The summed E-state index contributed by atoms with van der Waals surface area (Å²) in [5.41, 5.74) is 1.10. The molecular weight excluding hydrogens is 327 g/mol. The fourth-order valence-electron chi connectivity index (χ4n) is 2.29. The van der Waals surface area contributed by atoms with Crippen molar-refractivity contribution in [3.05, 3.63) is 71.1 Å². The fourth-order valence-corrected chi connectivity index (χ4v) is 2.29. The molecule has 1 heterocycles. The molecule has 0 bridgehead atoms. The Bertz CT molecular complexity index is 944. The second kappa shape index (κ2) is 7.04. The van der Waals surface area contributed by atoms with Crippen LogP contribution in [0.25, 0.3) is 11.3 Å². The molecule has 0 saturated carbocycles. The normalized spacial score (nSPS) is 10.5. The predicted molar refractivity (Wildman–Crippen MR) is 90.0 cm³/mol. The number of anilines is 1. The highest BCUT2D eigenvalue weighted by atomic mass is 19.1. The van der Waals surface area contributed by atoms with Crippen LogP contribution in [0, 0.1) is 5.82 Å². The van der Waals surface area contributed by atoms with E-state index in [0.29, 0.717) is 17.0 Å². The number of methoxy groups -OCH3 is 1. The lowest BCUT2D eigenvalue weighted by Crippen LogP contribution is -2.24. The topological polar surface area (TPSA) is 73.5 Å². The van der Waals surface area contributed by atoms with Crippen molar-refractivity contribution in [3.8, 4) is 17.1 Å². The summed E-state index contributed by atoms with van der Waals surface area (Å²) in [6, 6.07) is 12.4. The van der Waals surface area contributed by atoms with Crippen LogP contribution in [0.2, 0.25) is 0 Å². The first kappa shape index (κ1) is 16.5. The van der Waals surface area contributed by atoms with Crippen LogP contribution in [0.4, 0.5) is 10.1 Å². The van der Waals surface area contributed by atoms with Crippen LogP contribution in [0.5, 0.6) is 5.75 Å². The Balaban J connectivity index is 1.73. The quantitative estimate of drug-likeness (QED) is 0.774. The first-order valence-corrected chi connectivity index (χ1v) is 7.45. The van der Waals surface area contributed by atoms with Crippen LogP contribution in [0.3, 0.4) is 0 Å². The van der Waals surface area contributed by atoms with E-state index in [2.05, 4.69) is 5.32 Å². The number of carbonyl (C=O) groups excluding carboxylic acids is 1. The standard InChI is InChI=1S/C18H15FN2O4/c1-24-15-4-2-3-14(9-15)20-17(22)11-21-10-16(25-18(21)23)12-5-7-13(19)8-6-12/h2-10H,11H2,1H3,(H,20,22). The molecule has 2 aromatic carbocycles. The molecule has 25 heavy (non-hydrogen) atoms. The van der Waals surface area contributed by atoms with E-state index in [-0.39, 0.29) is 24.0 Å². The molecule has 0 aliphatic carbocycles. The van der Waals surface area contributed by atoms with Gasteiger partial charge in [-0.1, -0.05) is 6.07 Å². The Kier molecular flexibility index (Phi) is 4.65. The molecule has 1 aromatic heterocycles. The monoisotopic (exact) mass is 342 g/mol. The van der Waals surface area contributed by atoms with Gasteiger partial charge in [-0.2, -0.15) is 0 Å². The van der Waals surface area contributed by atoms with Gasteiger partial charge in [0.15, 0.2) is 5.76 Å². The van der Waals surface area contributed by atoms with Gasteiger partial charge in [0.25, 0.3) is 0 Å². The number of aromatic nitrogens is 1. The molecule has 0 fully saturated rings. The van der Waals surface area contributed by atoms with Crippen LogP contribution in [0.15, 0.2) is 63.9 Å². The number of nitrogens with zero attached hydrogens (tertiary/aromatic N) is 1. The van der Waals surface area contributed by atoms with Crippen molar-refractivity contribution in [2.45, 2.75) is 6.54 Å². The molecule has 7 heteroatoms. The number of rotatable bonds is 5. The first-order valence-electron chi connectivity index (χ1n) is 7.45. The van der Waals surface area contributed by atoms with Crippen LogP contribution in [-0.2, 0) is 11.3 Å². The maximum atomic E-state index is 13.0. The molecule has 128 valence electrons. The number of hydrogen-bond acceptors (Lipinski definition) is 4. The van der Waals surface area contributed by atoms with Gasteiger partial charge >= 0.3 is 5.76 Å². The lowest BCUT2D eigenvalue weighted by molar-refractivity contribution is -0.116. The zero-order valence-corrected chi connectivity index (χ0v) is 13.4. The molecule has 6 nitrogen and oxygen atoms in total. The van der Waals surface area contributed by atoms with E-state index in [0.717, 1.165) is 4.57 Å². The maximum absolute atomic E-state index is 13.0. The van der Waals surface area contributed by atoms with Crippen molar-refractivity contribution < 1.29 is 18.3 Å². The van der Waals surface area contributed by atoms with Gasteiger partial charge in [0.05, 0.1) is 13.3 Å². The average molecular weight is 342 g/mol. The van der Waals surface area contributed by atoms with Gasteiger partial charge in [0, 0.05) is 17.3 Å². The minimum absolute atomic E-state index is 0.208. The van der Waals surface area contributed by atoms with Crippen molar-refractivity contribution in [2.24, 2.45) is 0 Å². The van der Waals surface area contributed by atoms with Crippen molar-refractivity contribution in [1.82, 2.24) is 4.57 Å². The molecule has 0 saturated heterocycles. The minimum Gasteiger partial charge on any atom is -0.497 e. The van der Waals surface area contributed by atoms with Gasteiger partial charge in [-0.25, -0.2) is 9.18 Å². The van der Waals surface area contributed by atoms with Crippen LogP contribution >= 0.6 is 0 Å². The lowest BCUT2D eigenvalue weighted by Gasteiger charge is -2.06. The second-order valence-electron chi connectivity index (χ2n) is 5.28. The predicted octanol–water partition coefficient (Wildman–Crippen LogP) is 2.89. The first-order chi connectivity index (χ1) is 12.0. The molecule has 1 N–H and O–H groups in total. The highest BCUT2D eigenvalue weighted by Crippen LogP contribution is 2.19. The van der Waals surface area contributed by atoms with E-state index in [1.54, 1.807) is 24.3 Å². The van der Waals surface area contributed by atoms with E-state index < -0.39 is 5.76 Å². The molecule has 3 aromatic rings. The largest absolute Gasteiger partial charge is 0.497 e. The number of benzene rings is 2. The third kappa shape index (κ3) is 3.95. The second-order valence-corrected chi connectivity index (χ2v) is 5.28. The third-order valence-electron chi connectivity index (χ3n) is 3.50. The van der Waals surface area contributed by atoms with Crippen LogP contribution in [0.1, 0.15) is 0 Å².